The predicted octanol–water partition coefficient (Wildman–Crippen LogP) is 6.68. The number of anilines is 1. The van der Waals surface area contributed by atoms with Gasteiger partial charge in [-0.25, -0.2) is 4.68 Å². The first kappa shape index (κ1) is 23.1. The smallest absolute Gasteiger partial charge is 0.255 e. The van der Waals surface area contributed by atoms with Crippen LogP contribution in [0.2, 0.25) is 5.28 Å². The average Bonchev–Trinajstić information content (AvgIpc) is 3.13. The van der Waals surface area contributed by atoms with Crippen LogP contribution >= 0.6 is 23.4 Å². The number of hydrogen-bond acceptors (Lipinski definition) is 4. The molecular formula is C26H25ClN4OS. The zero-order valence-electron chi connectivity index (χ0n) is 18.7. The largest absolute Gasteiger partial charge is 0.321 e. The van der Waals surface area contributed by atoms with Crippen LogP contribution in [0.4, 0.5) is 5.69 Å². The molecule has 0 bridgehead atoms. The molecule has 0 aliphatic carbocycles. The van der Waals surface area contributed by atoms with Crippen LogP contribution in [0.3, 0.4) is 0 Å². The first-order valence-electron chi connectivity index (χ1n) is 10.6. The van der Waals surface area contributed by atoms with Crippen LogP contribution < -0.4 is 5.32 Å². The Balaban J connectivity index is 1.53. The summed E-state index contributed by atoms with van der Waals surface area (Å²) in [5, 5.41) is 8.20. The third-order valence-electron chi connectivity index (χ3n) is 5.14. The molecule has 0 radical (unpaired) electrons. The summed E-state index contributed by atoms with van der Waals surface area (Å²) in [6.45, 7) is 7.01. The molecule has 1 amide bonds. The number of carbonyl (C=O) groups is 1. The quantitative estimate of drug-likeness (QED) is 0.337. The molecule has 0 aliphatic heterocycles. The Kier molecular flexibility index (Phi) is 6.86. The lowest BCUT2D eigenvalue weighted by Gasteiger charge is -2.19. The van der Waals surface area contributed by atoms with E-state index in [0.717, 1.165) is 10.5 Å². The van der Waals surface area contributed by atoms with Crippen molar-refractivity contribution in [2.75, 3.05) is 5.32 Å². The van der Waals surface area contributed by atoms with Gasteiger partial charge in [0.05, 0.1) is 12.2 Å². The highest BCUT2D eigenvalue weighted by molar-refractivity contribution is 7.99. The molecule has 168 valence electrons. The van der Waals surface area contributed by atoms with Crippen molar-refractivity contribution in [3.63, 3.8) is 0 Å². The van der Waals surface area contributed by atoms with Gasteiger partial charge in [0.2, 0.25) is 5.28 Å². The van der Waals surface area contributed by atoms with Gasteiger partial charge in [-0.1, -0.05) is 75.4 Å². The lowest BCUT2D eigenvalue weighted by Crippen LogP contribution is -2.14. The van der Waals surface area contributed by atoms with E-state index in [4.69, 9.17) is 11.6 Å². The van der Waals surface area contributed by atoms with Crippen molar-refractivity contribution in [1.82, 2.24) is 14.8 Å². The number of rotatable bonds is 6. The highest BCUT2D eigenvalue weighted by Crippen LogP contribution is 2.33. The van der Waals surface area contributed by atoms with Gasteiger partial charge in [-0.15, -0.1) is 5.10 Å². The maximum Gasteiger partial charge on any atom is 0.255 e. The van der Waals surface area contributed by atoms with Gasteiger partial charge in [-0.3, -0.25) is 4.79 Å². The van der Waals surface area contributed by atoms with Gasteiger partial charge in [0.1, 0.15) is 0 Å². The van der Waals surface area contributed by atoms with Gasteiger partial charge in [-0.2, -0.15) is 4.98 Å². The second-order valence-electron chi connectivity index (χ2n) is 8.69. The molecule has 4 rings (SSSR count). The summed E-state index contributed by atoms with van der Waals surface area (Å²) in [6, 6.07) is 25.4. The van der Waals surface area contributed by atoms with Gasteiger partial charge in [0.25, 0.3) is 5.91 Å². The zero-order valence-corrected chi connectivity index (χ0v) is 20.3. The molecule has 0 saturated carbocycles. The van der Waals surface area contributed by atoms with Gasteiger partial charge >= 0.3 is 0 Å². The SMILES string of the molecule is CC(C)(C)c1ccc(C(=O)Nc2ccccc2Sc2nc(Cl)nn2Cc2ccccc2)cc1. The lowest BCUT2D eigenvalue weighted by molar-refractivity contribution is 0.102. The van der Waals surface area contributed by atoms with Crippen molar-refractivity contribution in [2.45, 2.75) is 42.8 Å². The highest BCUT2D eigenvalue weighted by Gasteiger charge is 2.17. The fourth-order valence-electron chi connectivity index (χ4n) is 3.31. The van der Waals surface area contributed by atoms with Crippen LogP contribution in [0.5, 0.6) is 0 Å². The molecule has 3 aromatic carbocycles. The summed E-state index contributed by atoms with van der Waals surface area (Å²) in [4.78, 5) is 18.2. The van der Waals surface area contributed by atoms with Crippen molar-refractivity contribution in [2.24, 2.45) is 0 Å². The molecular weight excluding hydrogens is 452 g/mol. The van der Waals surface area contributed by atoms with Crippen molar-refractivity contribution in [3.05, 3.63) is 101 Å². The molecule has 0 spiro atoms. The van der Waals surface area contributed by atoms with Gasteiger partial charge in [0.15, 0.2) is 5.16 Å². The van der Waals surface area contributed by atoms with Crippen molar-refractivity contribution >= 4 is 35.0 Å². The molecule has 0 fully saturated rings. The van der Waals surface area contributed by atoms with Gasteiger partial charge in [-0.05, 0) is 64.2 Å². The number of benzene rings is 3. The number of aromatic nitrogens is 3. The Morgan fingerprint density at radius 3 is 2.33 bits per heavy atom. The van der Waals surface area contributed by atoms with Crippen LogP contribution in [-0.2, 0) is 12.0 Å². The molecule has 0 aliphatic rings. The third kappa shape index (κ3) is 5.83. The number of nitrogens with one attached hydrogen (secondary N) is 1. The van der Waals surface area contributed by atoms with E-state index in [9.17, 15) is 4.79 Å². The Bertz CT molecular complexity index is 1250. The molecule has 0 saturated heterocycles. The first-order chi connectivity index (χ1) is 15.8. The standard InChI is InChI=1S/C26H25ClN4OS/c1-26(2,3)20-15-13-19(14-16-20)23(32)28-21-11-7-8-12-22(21)33-25-29-24(27)30-31(25)17-18-9-5-4-6-10-18/h4-16H,17H2,1-3H3,(H,28,32). The van der Waals surface area contributed by atoms with Crippen LogP contribution in [0.1, 0.15) is 42.3 Å². The molecule has 1 N–H and O–H groups in total. The maximum absolute atomic E-state index is 12.9. The summed E-state index contributed by atoms with van der Waals surface area (Å²) in [5.41, 5.74) is 3.64. The van der Waals surface area contributed by atoms with E-state index in [-0.39, 0.29) is 16.6 Å². The normalized spacial score (nSPS) is 11.4. The second kappa shape index (κ2) is 9.81. The fraction of sp³-hybridized carbons (Fsp3) is 0.192. The minimum atomic E-state index is -0.160. The third-order valence-corrected chi connectivity index (χ3v) is 6.36. The topological polar surface area (TPSA) is 59.8 Å². The Hall–Kier alpha value is -3.09. The average molecular weight is 477 g/mol. The van der Waals surface area contributed by atoms with Gasteiger partial charge < -0.3 is 5.32 Å². The van der Waals surface area contributed by atoms with Crippen LogP contribution in [0, 0.1) is 0 Å². The summed E-state index contributed by atoms with van der Waals surface area (Å²) in [5.74, 6) is -0.160. The Morgan fingerprint density at radius 1 is 0.970 bits per heavy atom. The predicted molar refractivity (Wildman–Crippen MR) is 134 cm³/mol. The fourth-order valence-corrected chi connectivity index (χ4v) is 4.45. The minimum Gasteiger partial charge on any atom is -0.321 e. The highest BCUT2D eigenvalue weighted by atomic mass is 35.5. The van der Waals surface area contributed by atoms with E-state index in [0.29, 0.717) is 23.0 Å². The molecule has 1 heterocycles. The molecule has 7 heteroatoms. The Labute approximate surface area is 203 Å². The molecule has 0 unspecified atom stereocenters. The van der Waals surface area contributed by atoms with Crippen molar-refractivity contribution in [3.8, 4) is 0 Å². The monoisotopic (exact) mass is 476 g/mol. The number of amides is 1. The number of para-hydroxylation sites is 1. The minimum absolute atomic E-state index is 0.0369. The van der Waals surface area contributed by atoms with E-state index in [1.165, 1.54) is 17.3 Å². The van der Waals surface area contributed by atoms with E-state index in [2.05, 4.69) is 36.2 Å². The van der Waals surface area contributed by atoms with Crippen molar-refractivity contribution < 1.29 is 4.79 Å². The summed E-state index contributed by atoms with van der Waals surface area (Å²) in [7, 11) is 0. The molecule has 5 nitrogen and oxygen atoms in total. The zero-order chi connectivity index (χ0) is 23.4. The molecule has 33 heavy (non-hydrogen) atoms. The van der Waals surface area contributed by atoms with E-state index in [1.807, 2.05) is 78.9 Å². The lowest BCUT2D eigenvalue weighted by atomic mass is 9.87. The van der Waals surface area contributed by atoms with E-state index < -0.39 is 0 Å². The van der Waals surface area contributed by atoms with Crippen LogP contribution in [0.15, 0.2) is 88.9 Å². The second-order valence-corrected chi connectivity index (χ2v) is 10.0. The van der Waals surface area contributed by atoms with Crippen LogP contribution in [0.25, 0.3) is 0 Å². The van der Waals surface area contributed by atoms with Crippen LogP contribution in [-0.4, -0.2) is 20.7 Å². The summed E-state index contributed by atoms with van der Waals surface area (Å²) >= 11 is 7.53. The summed E-state index contributed by atoms with van der Waals surface area (Å²) < 4.78 is 1.77. The first-order valence-corrected chi connectivity index (χ1v) is 11.8. The Morgan fingerprint density at radius 2 is 1.64 bits per heavy atom. The molecule has 1 aromatic heterocycles. The number of hydrogen-bond donors (Lipinski definition) is 1. The van der Waals surface area contributed by atoms with Crippen molar-refractivity contribution in [1.29, 1.82) is 0 Å². The summed E-state index contributed by atoms with van der Waals surface area (Å²) in [6.07, 6.45) is 0. The van der Waals surface area contributed by atoms with E-state index in [1.54, 1.807) is 4.68 Å². The number of carbonyl (C=O) groups excluding carboxylic acids is 1. The number of halogens is 1. The number of nitrogens with zero attached hydrogens (tertiary/aromatic N) is 3. The van der Waals surface area contributed by atoms with Gasteiger partial charge in [0, 0.05) is 10.5 Å². The maximum atomic E-state index is 12.9. The van der Waals surface area contributed by atoms with E-state index >= 15 is 0 Å². The molecule has 0 atom stereocenters. The molecule has 4 aromatic rings.